The van der Waals surface area contributed by atoms with Gasteiger partial charge in [0.25, 0.3) is 5.91 Å². The Morgan fingerprint density at radius 1 is 1.17 bits per heavy atom. The zero-order valence-electron chi connectivity index (χ0n) is 12.9. The van der Waals surface area contributed by atoms with Gasteiger partial charge in [-0.05, 0) is 30.7 Å². The van der Waals surface area contributed by atoms with E-state index >= 15 is 0 Å². The van der Waals surface area contributed by atoms with Crippen LogP contribution in [-0.4, -0.2) is 17.4 Å². The van der Waals surface area contributed by atoms with Crippen molar-refractivity contribution < 1.29 is 4.79 Å². The highest BCUT2D eigenvalue weighted by Crippen LogP contribution is 2.29. The highest BCUT2D eigenvalue weighted by Gasteiger charge is 2.11. The summed E-state index contributed by atoms with van der Waals surface area (Å²) >= 11 is 12.0. The van der Waals surface area contributed by atoms with Gasteiger partial charge < -0.3 is 10.6 Å². The average molecular weight is 352 g/mol. The van der Waals surface area contributed by atoms with E-state index < -0.39 is 0 Å². The quantitative estimate of drug-likeness (QED) is 0.670. The maximum atomic E-state index is 12.2. The average Bonchev–Trinajstić information content (AvgIpc) is 2.56. The molecule has 0 unspecified atom stereocenters. The van der Waals surface area contributed by atoms with Crippen LogP contribution in [0.4, 0.5) is 11.4 Å². The van der Waals surface area contributed by atoms with Crippen molar-refractivity contribution in [2.24, 2.45) is 0 Å². The molecule has 1 aromatic heterocycles. The number of anilines is 2. The molecule has 2 rings (SSSR count). The van der Waals surface area contributed by atoms with Crippen LogP contribution in [0.15, 0.2) is 36.5 Å². The lowest BCUT2D eigenvalue weighted by Crippen LogP contribution is -2.14. The van der Waals surface area contributed by atoms with Crippen molar-refractivity contribution in [3.63, 3.8) is 0 Å². The molecule has 1 amide bonds. The first-order valence-electron chi connectivity index (χ1n) is 7.57. The molecule has 0 saturated carbocycles. The summed E-state index contributed by atoms with van der Waals surface area (Å²) < 4.78 is 0. The predicted octanol–water partition coefficient (Wildman–Crippen LogP) is 5.24. The molecular formula is C17H19Cl2N3O. The maximum absolute atomic E-state index is 12.2. The Labute approximate surface area is 146 Å². The van der Waals surface area contributed by atoms with Crippen LogP contribution in [-0.2, 0) is 0 Å². The van der Waals surface area contributed by atoms with E-state index in [-0.39, 0.29) is 5.91 Å². The van der Waals surface area contributed by atoms with E-state index in [1.165, 1.54) is 12.8 Å². The molecule has 0 bridgehead atoms. The molecule has 0 aliphatic rings. The Morgan fingerprint density at radius 3 is 2.70 bits per heavy atom. The summed E-state index contributed by atoms with van der Waals surface area (Å²) in [4.78, 5) is 16.4. The number of unbranched alkanes of at least 4 members (excludes halogenated alkanes) is 2. The third-order valence-electron chi connectivity index (χ3n) is 3.31. The third kappa shape index (κ3) is 5.12. The van der Waals surface area contributed by atoms with Gasteiger partial charge in [0.05, 0.1) is 27.6 Å². The lowest BCUT2D eigenvalue weighted by Gasteiger charge is -2.09. The summed E-state index contributed by atoms with van der Waals surface area (Å²) in [5.41, 5.74) is 1.69. The number of aromatic nitrogens is 1. The van der Waals surface area contributed by atoms with Gasteiger partial charge in [-0.3, -0.25) is 4.79 Å². The van der Waals surface area contributed by atoms with Crippen molar-refractivity contribution in [1.29, 1.82) is 0 Å². The first-order valence-corrected chi connectivity index (χ1v) is 8.32. The Kier molecular flexibility index (Phi) is 6.68. The smallest absolute Gasteiger partial charge is 0.274 e. The summed E-state index contributed by atoms with van der Waals surface area (Å²) in [6.45, 7) is 3.07. The first-order chi connectivity index (χ1) is 11.1. The number of hydrogen-bond donors (Lipinski definition) is 2. The Bertz CT molecular complexity index is 659. The highest BCUT2D eigenvalue weighted by atomic mass is 35.5. The van der Waals surface area contributed by atoms with Crippen molar-refractivity contribution in [1.82, 2.24) is 4.98 Å². The van der Waals surface area contributed by atoms with E-state index in [2.05, 4.69) is 22.5 Å². The number of nitrogens with zero attached hydrogens (tertiary/aromatic N) is 1. The lowest BCUT2D eigenvalue weighted by atomic mass is 10.2. The minimum atomic E-state index is -0.327. The second-order valence-corrected chi connectivity index (χ2v) is 5.91. The fraction of sp³-hybridized carbons (Fsp3) is 0.294. The molecule has 0 fully saturated rings. The minimum Gasteiger partial charge on any atom is -0.384 e. The first kappa shape index (κ1) is 17.6. The molecule has 1 heterocycles. The standard InChI is InChI=1S/C17H19Cl2N3O/c1-2-3-4-10-20-12-8-9-15(21-11-12)17(23)22-14-7-5-6-13(18)16(14)19/h5-9,11,20H,2-4,10H2,1H3,(H,22,23). The molecule has 0 radical (unpaired) electrons. The fourth-order valence-electron chi connectivity index (χ4n) is 2.03. The maximum Gasteiger partial charge on any atom is 0.274 e. The number of halogens is 2. The molecule has 0 spiro atoms. The van der Waals surface area contributed by atoms with Crippen LogP contribution < -0.4 is 10.6 Å². The van der Waals surface area contributed by atoms with Crippen molar-refractivity contribution in [3.8, 4) is 0 Å². The van der Waals surface area contributed by atoms with E-state index in [1.807, 2.05) is 6.07 Å². The minimum absolute atomic E-state index is 0.316. The Balaban J connectivity index is 1.96. The zero-order chi connectivity index (χ0) is 16.7. The summed E-state index contributed by atoms with van der Waals surface area (Å²) in [5.74, 6) is -0.327. The van der Waals surface area contributed by atoms with Gasteiger partial charge in [-0.2, -0.15) is 0 Å². The van der Waals surface area contributed by atoms with Gasteiger partial charge in [-0.1, -0.05) is 49.0 Å². The molecule has 0 aliphatic heterocycles. The number of carbonyl (C=O) groups is 1. The molecule has 6 heteroatoms. The van der Waals surface area contributed by atoms with Crippen molar-refractivity contribution in [2.75, 3.05) is 17.2 Å². The molecule has 0 atom stereocenters. The number of carbonyl (C=O) groups excluding carboxylic acids is 1. The van der Waals surface area contributed by atoms with Crippen LogP contribution in [0.1, 0.15) is 36.7 Å². The summed E-state index contributed by atoms with van der Waals surface area (Å²) in [6, 6.07) is 8.59. The molecule has 2 N–H and O–H groups in total. The molecule has 0 saturated heterocycles. The number of rotatable bonds is 7. The van der Waals surface area contributed by atoms with E-state index in [4.69, 9.17) is 23.2 Å². The fourth-order valence-corrected chi connectivity index (χ4v) is 2.37. The third-order valence-corrected chi connectivity index (χ3v) is 4.12. The Morgan fingerprint density at radius 2 is 2.00 bits per heavy atom. The van der Waals surface area contributed by atoms with Gasteiger partial charge >= 0.3 is 0 Å². The van der Waals surface area contributed by atoms with E-state index in [0.717, 1.165) is 18.7 Å². The molecule has 0 aliphatic carbocycles. The van der Waals surface area contributed by atoms with E-state index in [1.54, 1.807) is 30.5 Å². The monoisotopic (exact) mass is 351 g/mol. The SMILES string of the molecule is CCCCCNc1ccc(C(=O)Nc2cccc(Cl)c2Cl)nc1. The number of nitrogens with one attached hydrogen (secondary N) is 2. The van der Waals surface area contributed by atoms with Crippen LogP contribution in [0.5, 0.6) is 0 Å². The van der Waals surface area contributed by atoms with Crippen LogP contribution in [0.25, 0.3) is 0 Å². The topological polar surface area (TPSA) is 54.0 Å². The van der Waals surface area contributed by atoms with Gasteiger partial charge in [0, 0.05) is 6.54 Å². The second-order valence-electron chi connectivity index (χ2n) is 5.12. The van der Waals surface area contributed by atoms with Crippen LogP contribution in [0.2, 0.25) is 10.0 Å². The second kappa shape index (κ2) is 8.75. The largest absolute Gasteiger partial charge is 0.384 e. The van der Waals surface area contributed by atoms with Gasteiger partial charge in [-0.15, -0.1) is 0 Å². The van der Waals surface area contributed by atoms with Crippen LogP contribution in [0, 0.1) is 0 Å². The van der Waals surface area contributed by atoms with Gasteiger partial charge in [0.2, 0.25) is 0 Å². The van der Waals surface area contributed by atoms with Crippen LogP contribution in [0.3, 0.4) is 0 Å². The molecule has 4 nitrogen and oxygen atoms in total. The number of benzene rings is 1. The van der Waals surface area contributed by atoms with Crippen molar-refractivity contribution >= 4 is 40.5 Å². The molecular weight excluding hydrogens is 333 g/mol. The summed E-state index contributed by atoms with van der Waals surface area (Å²) in [7, 11) is 0. The number of pyridine rings is 1. The van der Waals surface area contributed by atoms with Crippen LogP contribution >= 0.6 is 23.2 Å². The van der Waals surface area contributed by atoms with E-state index in [0.29, 0.717) is 21.4 Å². The van der Waals surface area contributed by atoms with E-state index in [9.17, 15) is 4.79 Å². The predicted molar refractivity (Wildman–Crippen MR) is 96.7 cm³/mol. The molecule has 2 aromatic rings. The number of amides is 1. The lowest BCUT2D eigenvalue weighted by molar-refractivity contribution is 0.102. The molecule has 122 valence electrons. The molecule has 1 aromatic carbocycles. The zero-order valence-corrected chi connectivity index (χ0v) is 14.4. The van der Waals surface area contributed by atoms with Gasteiger partial charge in [-0.25, -0.2) is 4.98 Å². The Hall–Kier alpha value is -1.78. The number of hydrogen-bond acceptors (Lipinski definition) is 3. The normalized spacial score (nSPS) is 10.4. The highest BCUT2D eigenvalue weighted by molar-refractivity contribution is 6.44. The summed E-state index contributed by atoms with van der Waals surface area (Å²) in [6.07, 6.45) is 5.15. The van der Waals surface area contributed by atoms with Gasteiger partial charge in [0.1, 0.15) is 5.69 Å². The molecule has 23 heavy (non-hydrogen) atoms. The van der Waals surface area contributed by atoms with Crippen molar-refractivity contribution in [3.05, 3.63) is 52.3 Å². The van der Waals surface area contributed by atoms with Crippen molar-refractivity contribution in [2.45, 2.75) is 26.2 Å². The summed E-state index contributed by atoms with van der Waals surface area (Å²) in [5, 5.41) is 6.70. The van der Waals surface area contributed by atoms with Gasteiger partial charge in [0.15, 0.2) is 0 Å².